The quantitative estimate of drug-likeness (QED) is 0.719. The van der Waals surface area contributed by atoms with E-state index in [1.54, 1.807) is 0 Å². The third kappa shape index (κ3) is 1.46. The maximum atomic E-state index is 3.86. The number of allylic oxidation sites excluding steroid dienone is 1. The molecule has 0 bridgehead atoms. The number of hydrogen-bond donors (Lipinski definition) is 1. The predicted octanol–water partition coefficient (Wildman–Crippen LogP) is 3.57. The molecule has 0 unspecified atom stereocenters. The SMILES string of the molecule is C=Cc1c(C2CC2)c[nH]c1/C=C\C. The molecule has 0 spiro atoms. The fourth-order valence-electron chi connectivity index (χ4n) is 1.73. The van der Waals surface area contributed by atoms with Crippen molar-refractivity contribution in [2.75, 3.05) is 0 Å². The van der Waals surface area contributed by atoms with Crippen molar-refractivity contribution < 1.29 is 0 Å². The number of nitrogens with one attached hydrogen (secondary N) is 1. The molecule has 1 saturated carbocycles. The van der Waals surface area contributed by atoms with E-state index < -0.39 is 0 Å². The van der Waals surface area contributed by atoms with Crippen LogP contribution in [-0.2, 0) is 0 Å². The van der Waals surface area contributed by atoms with Gasteiger partial charge in [-0.15, -0.1) is 0 Å². The van der Waals surface area contributed by atoms with Crippen LogP contribution in [0.1, 0.15) is 42.5 Å². The van der Waals surface area contributed by atoms with Crippen LogP contribution in [0, 0.1) is 0 Å². The lowest BCUT2D eigenvalue weighted by Gasteiger charge is -1.96. The summed E-state index contributed by atoms with van der Waals surface area (Å²) in [4.78, 5) is 3.29. The first kappa shape index (κ1) is 8.36. The molecule has 1 aliphatic rings. The Morgan fingerprint density at radius 3 is 2.85 bits per heavy atom. The van der Waals surface area contributed by atoms with Crippen LogP contribution in [-0.4, -0.2) is 4.98 Å². The highest BCUT2D eigenvalue weighted by molar-refractivity contribution is 5.66. The van der Waals surface area contributed by atoms with Crippen molar-refractivity contribution in [3.63, 3.8) is 0 Å². The van der Waals surface area contributed by atoms with Gasteiger partial charge in [0.25, 0.3) is 0 Å². The van der Waals surface area contributed by atoms with E-state index in [0.717, 1.165) is 5.92 Å². The van der Waals surface area contributed by atoms with Crippen LogP contribution in [0.5, 0.6) is 0 Å². The highest BCUT2D eigenvalue weighted by Gasteiger charge is 2.26. The first-order chi connectivity index (χ1) is 6.36. The van der Waals surface area contributed by atoms with Crippen LogP contribution < -0.4 is 0 Å². The standard InChI is InChI=1S/C12H15N/c1-3-5-12-10(4-2)11(8-13-12)9-6-7-9/h3-5,8-9,13H,2,6-7H2,1H3/b5-3-. The van der Waals surface area contributed by atoms with E-state index in [9.17, 15) is 0 Å². The van der Waals surface area contributed by atoms with E-state index in [4.69, 9.17) is 0 Å². The van der Waals surface area contributed by atoms with Gasteiger partial charge in [0.1, 0.15) is 0 Å². The maximum Gasteiger partial charge on any atom is 0.0453 e. The van der Waals surface area contributed by atoms with Gasteiger partial charge in [-0.2, -0.15) is 0 Å². The largest absolute Gasteiger partial charge is 0.361 e. The summed E-state index contributed by atoms with van der Waals surface area (Å²) in [5.41, 5.74) is 3.93. The Bertz CT molecular complexity index is 340. The summed E-state index contributed by atoms with van der Waals surface area (Å²) in [5, 5.41) is 0. The minimum atomic E-state index is 0.795. The van der Waals surface area contributed by atoms with E-state index in [0.29, 0.717) is 0 Å². The van der Waals surface area contributed by atoms with Gasteiger partial charge in [0.15, 0.2) is 0 Å². The fourth-order valence-corrected chi connectivity index (χ4v) is 1.73. The molecule has 0 amide bonds. The van der Waals surface area contributed by atoms with Gasteiger partial charge in [-0.1, -0.05) is 18.7 Å². The molecule has 1 nitrogen and oxygen atoms in total. The smallest absolute Gasteiger partial charge is 0.0453 e. The van der Waals surface area contributed by atoms with Crippen molar-refractivity contribution in [3.8, 4) is 0 Å². The van der Waals surface area contributed by atoms with Crippen LogP contribution in [0.2, 0.25) is 0 Å². The van der Waals surface area contributed by atoms with Gasteiger partial charge in [-0.3, -0.25) is 0 Å². The number of rotatable bonds is 3. The molecule has 0 atom stereocenters. The lowest BCUT2D eigenvalue weighted by molar-refractivity contribution is 1.13. The summed E-state index contributed by atoms with van der Waals surface area (Å²) in [5.74, 6) is 0.795. The topological polar surface area (TPSA) is 15.8 Å². The molecule has 13 heavy (non-hydrogen) atoms. The zero-order chi connectivity index (χ0) is 9.26. The van der Waals surface area contributed by atoms with Crippen molar-refractivity contribution in [2.45, 2.75) is 25.7 Å². The minimum Gasteiger partial charge on any atom is -0.361 e. The van der Waals surface area contributed by atoms with Crippen LogP contribution in [0.4, 0.5) is 0 Å². The summed E-state index contributed by atoms with van der Waals surface area (Å²) >= 11 is 0. The molecular weight excluding hydrogens is 158 g/mol. The Balaban J connectivity index is 2.40. The van der Waals surface area contributed by atoms with Gasteiger partial charge >= 0.3 is 0 Å². The summed E-state index contributed by atoms with van der Waals surface area (Å²) in [7, 11) is 0. The van der Waals surface area contributed by atoms with Crippen molar-refractivity contribution in [1.29, 1.82) is 0 Å². The van der Waals surface area contributed by atoms with Gasteiger partial charge in [-0.05, 0) is 37.3 Å². The molecule has 68 valence electrons. The highest BCUT2D eigenvalue weighted by Crippen LogP contribution is 2.42. The molecule has 1 aliphatic carbocycles. The Morgan fingerprint density at radius 2 is 2.31 bits per heavy atom. The van der Waals surface area contributed by atoms with Crippen LogP contribution in [0.15, 0.2) is 18.9 Å². The summed E-state index contributed by atoms with van der Waals surface area (Å²) in [6.07, 6.45) is 10.9. The molecule has 1 aromatic rings. The molecule has 1 N–H and O–H groups in total. The Kier molecular flexibility index (Phi) is 2.09. The number of aromatic nitrogens is 1. The zero-order valence-electron chi connectivity index (χ0n) is 8.01. The molecular formula is C12H15N. The first-order valence-electron chi connectivity index (χ1n) is 4.83. The summed E-state index contributed by atoms with van der Waals surface area (Å²) in [6.45, 7) is 5.90. The number of aromatic amines is 1. The van der Waals surface area contributed by atoms with Crippen LogP contribution in [0.25, 0.3) is 12.2 Å². The minimum absolute atomic E-state index is 0.795. The summed E-state index contributed by atoms with van der Waals surface area (Å²) < 4.78 is 0. The maximum absolute atomic E-state index is 3.86. The van der Waals surface area contributed by atoms with E-state index in [2.05, 4.69) is 29.9 Å². The first-order valence-corrected chi connectivity index (χ1v) is 4.83. The molecule has 1 aromatic heterocycles. The van der Waals surface area contributed by atoms with Crippen molar-refractivity contribution in [3.05, 3.63) is 35.7 Å². The number of H-pyrrole nitrogens is 1. The van der Waals surface area contributed by atoms with Crippen molar-refractivity contribution >= 4 is 12.2 Å². The molecule has 0 radical (unpaired) electrons. The average Bonchev–Trinajstić information content (AvgIpc) is 2.89. The predicted molar refractivity (Wildman–Crippen MR) is 57.6 cm³/mol. The van der Waals surface area contributed by atoms with E-state index >= 15 is 0 Å². The van der Waals surface area contributed by atoms with E-state index in [1.807, 2.05) is 13.0 Å². The molecule has 0 aliphatic heterocycles. The molecule has 1 heteroatoms. The van der Waals surface area contributed by atoms with Gasteiger partial charge in [-0.25, -0.2) is 0 Å². The van der Waals surface area contributed by atoms with Crippen molar-refractivity contribution in [1.82, 2.24) is 4.98 Å². The molecule has 0 saturated heterocycles. The number of hydrogen-bond acceptors (Lipinski definition) is 0. The average molecular weight is 173 g/mol. The van der Waals surface area contributed by atoms with E-state index in [-0.39, 0.29) is 0 Å². The normalized spacial score (nSPS) is 16.7. The Labute approximate surface area is 79.2 Å². The van der Waals surface area contributed by atoms with E-state index in [1.165, 1.54) is 29.7 Å². The lowest BCUT2D eigenvalue weighted by atomic mass is 10.1. The second-order valence-electron chi connectivity index (χ2n) is 3.55. The molecule has 2 rings (SSSR count). The van der Waals surface area contributed by atoms with Gasteiger partial charge in [0.05, 0.1) is 0 Å². The van der Waals surface area contributed by atoms with Gasteiger partial charge in [0, 0.05) is 17.5 Å². The molecule has 1 fully saturated rings. The summed E-state index contributed by atoms with van der Waals surface area (Å²) in [6, 6.07) is 0. The second kappa shape index (κ2) is 3.25. The Morgan fingerprint density at radius 1 is 1.54 bits per heavy atom. The molecule has 1 heterocycles. The fraction of sp³-hybridized carbons (Fsp3) is 0.333. The third-order valence-electron chi connectivity index (χ3n) is 2.54. The van der Waals surface area contributed by atoms with Crippen LogP contribution >= 0.6 is 0 Å². The van der Waals surface area contributed by atoms with Crippen LogP contribution in [0.3, 0.4) is 0 Å². The second-order valence-corrected chi connectivity index (χ2v) is 3.55. The van der Waals surface area contributed by atoms with Crippen molar-refractivity contribution in [2.24, 2.45) is 0 Å². The van der Waals surface area contributed by atoms with Gasteiger partial charge in [0.2, 0.25) is 0 Å². The lowest BCUT2D eigenvalue weighted by Crippen LogP contribution is -1.80. The zero-order valence-corrected chi connectivity index (χ0v) is 8.01. The Hall–Kier alpha value is -1.24. The van der Waals surface area contributed by atoms with Gasteiger partial charge < -0.3 is 4.98 Å². The molecule has 0 aromatic carbocycles. The monoisotopic (exact) mass is 173 g/mol. The third-order valence-corrected chi connectivity index (χ3v) is 2.54. The highest BCUT2D eigenvalue weighted by atomic mass is 14.7.